The van der Waals surface area contributed by atoms with Crippen LogP contribution in [0, 0.1) is 3.57 Å². The Balaban J connectivity index is 2.21. The topological polar surface area (TPSA) is 42.0 Å². The second kappa shape index (κ2) is 5.99. The molecule has 0 spiro atoms. The van der Waals surface area contributed by atoms with Gasteiger partial charge in [0.15, 0.2) is 0 Å². The predicted octanol–water partition coefficient (Wildman–Crippen LogP) is 4.35. The van der Waals surface area contributed by atoms with E-state index in [-0.39, 0.29) is 5.91 Å². The average Bonchev–Trinajstić information content (AvgIpc) is 2.32. The monoisotopic (exact) mass is 436 g/mol. The van der Waals surface area contributed by atoms with Crippen molar-refractivity contribution in [3.63, 3.8) is 0 Å². The van der Waals surface area contributed by atoms with Crippen LogP contribution < -0.4 is 5.32 Å². The van der Waals surface area contributed by atoms with Crippen molar-refractivity contribution in [2.24, 2.45) is 0 Å². The first-order valence-corrected chi connectivity index (χ1v) is 7.18. The molecule has 0 saturated carbocycles. The SMILES string of the molecule is O=C(Nc1ccc(Cl)cc1I)c1cncc(Br)c1. The standard InChI is InChI=1S/C12H7BrClIN2O/c13-8-3-7(5-16-6-8)12(18)17-11-2-1-9(14)4-10(11)15/h1-6H,(H,17,18). The molecule has 0 saturated heterocycles. The molecule has 0 aliphatic heterocycles. The van der Waals surface area contributed by atoms with E-state index < -0.39 is 0 Å². The van der Waals surface area contributed by atoms with E-state index in [1.54, 1.807) is 30.5 Å². The van der Waals surface area contributed by atoms with Gasteiger partial charge in [-0.15, -0.1) is 0 Å². The number of rotatable bonds is 2. The Morgan fingerprint density at radius 3 is 2.78 bits per heavy atom. The van der Waals surface area contributed by atoms with Crippen LogP contribution in [-0.4, -0.2) is 10.9 Å². The zero-order valence-electron chi connectivity index (χ0n) is 8.95. The molecule has 2 rings (SSSR count). The summed E-state index contributed by atoms with van der Waals surface area (Å²) in [6.45, 7) is 0. The number of hydrogen-bond donors (Lipinski definition) is 1. The van der Waals surface area contributed by atoms with Crippen LogP contribution in [0.2, 0.25) is 5.02 Å². The highest BCUT2D eigenvalue weighted by molar-refractivity contribution is 14.1. The summed E-state index contributed by atoms with van der Waals surface area (Å²) in [5.41, 5.74) is 1.22. The number of amides is 1. The van der Waals surface area contributed by atoms with Gasteiger partial charge >= 0.3 is 0 Å². The van der Waals surface area contributed by atoms with Gasteiger partial charge in [-0.3, -0.25) is 9.78 Å². The van der Waals surface area contributed by atoms with Crippen LogP contribution in [0.4, 0.5) is 5.69 Å². The molecule has 0 aliphatic carbocycles. The molecule has 1 amide bonds. The predicted molar refractivity (Wildman–Crippen MR) is 84.1 cm³/mol. The highest BCUT2D eigenvalue weighted by Gasteiger charge is 2.09. The Morgan fingerprint density at radius 1 is 1.33 bits per heavy atom. The molecular formula is C12H7BrClIN2O. The highest BCUT2D eigenvalue weighted by Crippen LogP contribution is 2.23. The average molecular weight is 437 g/mol. The third-order valence-electron chi connectivity index (χ3n) is 2.15. The molecule has 1 N–H and O–H groups in total. The number of carbonyl (C=O) groups is 1. The second-order valence-corrected chi connectivity index (χ2v) is 5.98. The number of nitrogens with zero attached hydrogens (tertiary/aromatic N) is 1. The van der Waals surface area contributed by atoms with E-state index in [1.165, 1.54) is 6.20 Å². The van der Waals surface area contributed by atoms with Gasteiger partial charge in [-0.05, 0) is 62.8 Å². The molecule has 2 aromatic rings. The summed E-state index contributed by atoms with van der Waals surface area (Å²) in [5, 5.41) is 3.46. The molecule has 1 aromatic heterocycles. The molecule has 1 aromatic carbocycles. The summed E-state index contributed by atoms with van der Waals surface area (Å²) in [6.07, 6.45) is 3.14. The lowest BCUT2D eigenvalue weighted by molar-refractivity contribution is 0.102. The zero-order chi connectivity index (χ0) is 13.1. The Bertz CT molecular complexity index is 606. The number of halogens is 3. The molecule has 18 heavy (non-hydrogen) atoms. The maximum absolute atomic E-state index is 12.0. The van der Waals surface area contributed by atoms with E-state index in [4.69, 9.17) is 11.6 Å². The van der Waals surface area contributed by atoms with E-state index in [0.717, 1.165) is 13.7 Å². The fourth-order valence-corrected chi connectivity index (χ4v) is 2.69. The van der Waals surface area contributed by atoms with E-state index in [2.05, 4.69) is 48.8 Å². The van der Waals surface area contributed by atoms with Crippen molar-refractivity contribution in [2.45, 2.75) is 0 Å². The lowest BCUT2D eigenvalue weighted by Crippen LogP contribution is -2.13. The van der Waals surface area contributed by atoms with Gasteiger partial charge in [-0.2, -0.15) is 0 Å². The third-order valence-corrected chi connectivity index (χ3v) is 3.71. The minimum absolute atomic E-state index is 0.205. The van der Waals surface area contributed by atoms with Gasteiger partial charge in [-0.1, -0.05) is 11.6 Å². The second-order valence-electron chi connectivity index (χ2n) is 3.47. The van der Waals surface area contributed by atoms with Crippen molar-refractivity contribution >= 4 is 61.7 Å². The van der Waals surface area contributed by atoms with Crippen molar-refractivity contribution in [1.29, 1.82) is 0 Å². The molecule has 0 bridgehead atoms. The number of nitrogens with one attached hydrogen (secondary N) is 1. The quantitative estimate of drug-likeness (QED) is 0.710. The number of aromatic nitrogens is 1. The summed E-state index contributed by atoms with van der Waals surface area (Å²) in [5.74, 6) is -0.205. The van der Waals surface area contributed by atoms with Crippen molar-refractivity contribution in [3.05, 3.63) is 55.3 Å². The Kier molecular flexibility index (Phi) is 4.58. The van der Waals surface area contributed by atoms with Gasteiger partial charge in [0.05, 0.1) is 11.3 Å². The van der Waals surface area contributed by atoms with Gasteiger partial charge in [0.2, 0.25) is 0 Å². The van der Waals surface area contributed by atoms with Crippen LogP contribution in [0.5, 0.6) is 0 Å². The van der Waals surface area contributed by atoms with Gasteiger partial charge in [-0.25, -0.2) is 0 Å². The first-order chi connectivity index (χ1) is 8.56. The van der Waals surface area contributed by atoms with Crippen molar-refractivity contribution < 1.29 is 4.79 Å². The maximum Gasteiger partial charge on any atom is 0.257 e. The third kappa shape index (κ3) is 3.43. The van der Waals surface area contributed by atoms with Gasteiger partial charge in [0.25, 0.3) is 5.91 Å². The van der Waals surface area contributed by atoms with Crippen LogP contribution in [0.3, 0.4) is 0 Å². The van der Waals surface area contributed by atoms with Crippen LogP contribution in [0.25, 0.3) is 0 Å². The molecule has 6 heteroatoms. The van der Waals surface area contributed by atoms with Gasteiger partial charge < -0.3 is 5.32 Å². The van der Waals surface area contributed by atoms with E-state index in [1.807, 2.05) is 0 Å². The van der Waals surface area contributed by atoms with Crippen LogP contribution in [0.15, 0.2) is 41.1 Å². The van der Waals surface area contributed by atoms with Crippen molar-refractivity contribution in [3.8, 4) is 0 Å². The molecule has 92 valence electrons. The van der Waals surface area contributed by atoms with E-state index in [9.17, 15) is 4.79 Å². The first kappa shape index (κ1) is 13.8. The Labute approximate surface area is 131 Å². The lowest BCUT2D eigenvalue weighted by atomic mass is 10.2. The number of carbonyl (C=O) groups excluding carboxylic acids is 1. The maximum atomic E-state index is 12.0. The van der Waals surface area contributed by atoms with Gasteiger partial charge in [0, 0.05) is 25.5 Å². The first-order valence-electron chi connectivity index (χ1n) is 4.93. The number of hydrogen-bond acceptors (Lipinski definition) is 2. The summed E-state index contributed by atoms with van der Waals surface area (Å²) >= 11 is 11.3. The normalized spacial score (nSPS) is 10.2. The number of pyridine rings is 1. The summed E-state index contributed by atoms with van der Waals surface area (Å²) in [4.78, 5) is 15.9. The Hall–Kier alpha value is -0.660. The largest absolute Gasteiger partial charge is 0.321 e. The van der Waals surface area contributed by atoms with Gasteiger partial charge in [0.1, 0.15) is 0 Å². The minimum Gasteiger partial charge on any atom is -0.321 e. The highest BCUT2D eigenvalue weighted by atomic mass is 127. The lowest BCUT2D eigenvalue weighted by Gasteiger charge is -2.07. The molecule has 0 fully saturated rings. The molecule has 0 radical (unpaired) electrons. The van der Waals surface area contributed by atoms with Crippen LogP contribution in [-0.2, 0) is 0 Å². The van der Waals surface area contributed by atoms with Crippen molar-refractivity contribution in [1.82, 2.24) is 4.98 Å². The van der Waals surface area contributed by atoms with Crippen LogP contribution in [0.1, 0.15) is 10.4 Å². The molecule has 1 heterocycles. The molecule has 3 nitrogen and oxygen atoms in total. The summed E-state index contributed by atoms with van der Waals surface area (Å²) in [7, 11) is 0. The minimum atomic E-state index is -0.205. The summed E-state index contributed by atoms with van der Waals surface area (Å²) < 4.78 is 1.65. The fourth-order valence-electron chi connectivity index (χ4n) is 1.32. The number of anilines is 1. The smallest absolute Gasteiger partial charge is 0.257 e. The fraction of sp³-hybridized carbons (Fsp3) is 0. The molecule has 0 aliphatic rings. The zero-order valence-corrected chi connectivity index (χ0v) is 13.5. The summed E-state index contributed by atoms with van der Waals surface area (Å²) in [6, 6.07) is 7.01. The van der Waals surface area contributed by atoms with E-state index in [0.29, 0.717) is 10.6 Å². The van der Waals surface area contributed by atoms with E-state index >= 15 is 0 Å². The molecule has 0 unspecified atom stereocenters. The Morgan fingerprint density at radius 2 is 2.11 bits per heavy atom. The molecular weight excluding hydrogens is 430 g/mol. The number of benzene rings is 1. The van der Waals surface area contributed by atoms with Crippen LogP contribution >= 0.6 is 50.1 Å². The molecule has 0 atom stereocenters. The van der Waals surface area contributed by atoms with Crippen molar-refractivity contribution in [2.75, 3.05) is 5.32 Å².